The van der Waals surface area contributed by atoms with E-state index in [9.17, 15) is 18.0 Å². The third kappa shape index (κ3) is 8.42. The van der Waals surface area contributed by atoms with Crippen molar-refractivity contribution in [1.29, 1.82) is 0 Å². The van der Waals surface area contributed by atoms with E-state index in [-0.39, 0.29) is 43.8 Å². The van der Waals surface area contributed by atoms with Gasteiger partial charge in [-0.1, -0.05) is 48.5 Å². The molecule has 41 heavy (non-hydrogen) atoms. The van der Waals surface area contributed by atoms with Gasteiger partial charge in [0.25, 0.3) is 0 Å². The zero-order chi connectivity index (χ0) is 29.6. The number of benzene rings is 2. The van der Waals surface area contributed by atoms with Crippen molar-refractivity contribution in [3.05, 3.63) is 52.0 Å². The average Bonchev–Trinajstić information content (AvgIpc) is 2.94. The Morgan fingerprint density at radius 1 is 1.02 bits per heavy atom. The molecule has 0 saturated heterocycles. The lowest BCUT2D eigenvalue weighted by Gasteiger charge is -2.32. The number of amides is 2. The Labute approximate surface area is 252 Å². The molecule has 2 amide bonds. The number of anilines is 1. The smallest absolute Gasteiger partial charge is 0.242 e. The first-order chi connectivity index (χ1) is 19.5. The monoisotopic (exact) mass is 625 g/mol. The molecule has 0 spiro atoms. The summed E-state index contributed by atoms with van der Waals surface area (Å²) in [5, 5.41) is 3.98. The Morgan fingerprint density at radius 3 is 2.41 bits per heavy atom. The summed E-state index contributed by atoms with van der Waals surface area (Å²) in [4.78, 5) is 28.3. The van der Waals surface area contributed by atoms with Crippen LogP contribution in [-0.4, -0.2) is 63.2 Å². The second kappa shape index (κ2) is 14.0. The molecule has 1 N–H and O–H groups in total. The molecule has 1 fully saturated rings. The molecule has 0 aromatic heterocycles. The van der Waals surface area contributed by atoms with Crippen LogP contribution >= 0.6 is 23.2 Å². The minimum atomic E-state index is -3.65. The Morgan fingerprint density at radius 2 is 1.73 bits per heavy atom. The SMILES string of the molecule is C[C@H](C(=O)NC1CCCCC1)N(Cc1ccc(Cl)cc1Cl)C(=O)CCCN(c1ccc2c(c1)OCCO2)S(C)(=O)=O. The van der Waals surface area contributed by atoms with Crippen LogP contribution in [0, 0.1) is 0 Å². The van der Waals surface area contributed by atoms with Crippen LogP contribution < -0.4 is 19.1 Å². The molecule has 2 aliphatic rings. The van der Waals surface area contributed by atoms with E-state index in [1.165, 1.54) is 15.6 Å². The maximum Gasteiger partial charge on any atom is 0.242 e. The van der Waals surface area contributed by atoms with Crippen LogP contribution in [0.25, 0.3) is 0 Å². The summed E-state index contributed by atoms with van der Waals surface area (Å²) in [6.07, 6.45) is 6.56. The Kier molecular flexibility index (Phi) is 10.7. The van der Waals surface area contributed by atoms with E-state index >= 15 is 0 Å². The molecule has 0 unspecified atom stereocenters. The van der Waals surface area contributed by atoms with Crippen LogP contribution in [0.15, 0.2) is 36.4 Å². The van der Waals surface area contributed by atoms with Crippen molar-refractivity contribution in [3.63, 3.8) is 0 Å². The van der Waals surface area contributed by atoms with Crippen LogP contribution in [0.2, 0.25) is 10.0 Å². The molecule has 9 nitrogen and oxygen atoms in total. The van der Waals surface area contributed by atoms with Gasteiger partial charge >= 0.3 is 0 Å². The van der Waals surface area contributed by atoms with Crippen molar-refractivity contribution in [2.75, 3.05) is 30.3 Å². The Hall–Kier alpha value is -2.69. The van der Waals surface area contributed by atoms with Gasteiger partial charge in [-0.3, -0.25) is 13.9 Å². The lowest BCUT2D eigenvalue weighted by Crippen LogP contribution is -2.50. The minimum Gasteiger partial charge on any atom is -0.486 e. The molecule has 12 heteroatoms. The van der Waals surface area contributed by atoms with E-state index < -0.39 is 16.1 Å². The molecule has 0 bridgehead atoms. The third-order valence-corrected chi connectivity index (χ3v) is 9.22. The molecule has 4 rings (SSSR count). The van der Waals surface area contributed by atoms with E-state index in [1.807, 2.05) is 0 Å². The zero-order valence-electron chi connectivity index (χ0n) is 23.4. The number of carbonyl (C=O) groups excluding carboxylic acids is 2. The van der Waals surface area contributed by atoms with Crippen molar-refractivity contribution in [2.45, 2.75) is 70.5 Å². The van der Waals surface area contributed by atoms with Gasteiger partial charge in [0.15, 0.2) is 11.5 Å². The number of hydrogen-bond acceptors (Lipinski definition) is 6. The van der Waals surface area contributed by atoms with Crippen molar-refractivity contribution < 1.29 is 27.5 Å². The van der Waals surface area contributed by atoms with Gasteiger partial charge in [-0.05, 0) is 56.0 Å². The molecular weight excluding hydrogens is 589 g/mol. The third-order valence-electron chi connectivity index (χ3n) is 7.44. The summed E-state index contributed by atoms with van der Waals surface area (Å²) in [6.45, 7) is 2.70. The van der Waals surface area contributed by atoms with E-state index in [1.54, 1.807) is 43.3 Å². The largest absolute Gasteiger partial charge is 0.486 e. The number of rotatable bonds is 11. The van der Waals surface area contributed by atoms with E-state index in [4.69, 9.17) is 32.7 Å². The summed E-state index contributed by atoms with van der Waals surface area (Å²) in [6, 6.07) is 9.35. The maximum absolute atomic E-state index is 13.6. The zero-order valence-corrected chi connectivity index (χ0v) is 25.7. The predicted molar refractivity (Wildman–Crippen MR) is 160 cm³/mol. The van der Waals surface area contributed by atoms with Gasteiger partial charge in [-0.25, -0.2) is 8.42 Å². The van der Waals surface area contributed by atoms with Crippen molar-refractivity contribution >= 4 is 50.7 Å². The van der Waals surface area contributed by atoms with E-state index in [0.717, 1.165) is 31.9 Å². The summed E-state index contributed by atoms with van der Waals surface area (Å²) in [7, 11) is -3.65. The quantitative estimate of drug-likeness (QED) is 0.369. The number of nitrogens with zero attached hydrogens (tertiary/aromatic N) is 2. The first-order valence-electron chi connectivity index (χ1n) is 13.9. The highest BCUT2D eigenvalue weighted by molar-refractivity contribution is 7.92. The molecule has 1 saturated carbocycles. The first kappa shape index (κ1) is 31.3. The summed E-state index contributed by atoms with van der Waals surface area (Å²) >= 11 is 12.5. The van der Waals surface area contributed by atoms with E-state index in [0.29, 0.717) is 46.0 Å². The number of carbonyl (C=O) groups is 2. The number of fused-ring (bicyclic) bond motifs is 1. The number of hydrogen-bond donors (Lipinski definition) is 1. The maximum atomic E-state index is 13.6. The van der Waals surface area contributed by atoms with Gasteiger partial charge in [0.05, 0.1) is 11.9 Å². The second-order valence-electron chi connectivity index (χ2n) is 10.5. The molecule has 0 radical (unpaired) electrons. The lowest BCUT2D eigenvalue weighted by molar-refractivity contribution is -0.141. The molecule has 1 aliphatic carbocycles. The highest BCUT2D eigenvalue weighted by Gasteiger charge is 2.29. The molecule has 2 aromatic rings. The highest BCUT2D eigenvalue weighted by Crippen LogP contribution is 2.35. The van der Waals surface area contributed by atoms with Crippen molar-refractivity contribution in [1.82, 2.24) is 10.2 Å². The summed E-state index contributed by atoms with van der Waals surface area (Å²) in [5.74, 6) is 0.533. The molecular formula is C29H37Cl2N3O6S. The normalized spacial score (nSPS) is 16.1. The Bertz CT molecular complexity index is 1350. The molecule has 1 atom stereocenters. The number of nitrogens with one attached hydrogen (secondary N) is 1. The topological polar surface area (TPSA) is 105 Å². The Balaban J connectivity index is 1.47. The highest BCUT2D eigenvalue weighted by atomic mass is 35.5. The molecule has 224 valence electrons. The number of ether oxygens (including phenoxy) is 2. The summed E-state index contributed by atoms with van der Waals surface area (Å²) < 4.78 is 37.8. The van der Waals surface area contributed by atoms with E-state index in [2.05, 4.69) is 5.32 Å². The number of sulfonamides is 1. The van der Waals surface area contributed by atoms with Gasteiger partial charge in [-0.15, -0.1) is 0 Å². The number of halogens is 2. The van der Waals surface area contributed by atoms with Gasteiger partial charge in [0.2, 0.25) is 21.8 Å². The van der Waals surface area contributed by atoms with Gasteiger partial charge < -0.3 is 19.7 Å². The van der Waals surface area contributed by atoms with Crippen LogP contribution in [0.5, 0.6) is 11.5 Å². The van der Waals surface area contributed by atoms with Gasteiger partial charge in [-0.2, -0.15) is 0 Å². The van der Waals surface area contributed by atoms with Crippen LogP contribution in [-0.2, 0) is 26.2 Å². The van der Waals surface area contributed by atoms with Gasteiger partial charge in [0, 0.05) is 41.7 Å². The fourth-order valence-electron chi connectivity index (χ4n) is 5.18. The van der Waals surface area contributed by atoms with Crippen LogP contribution in [0.4, 0.5) is 5.69 Å². The van der Waals surface area contributed by atoms with Crippen molar-refractivity contribution in [2.24, 2.45) is 0 Å². The minimum absolute atomic E-state index is 0.0306. The summed E-state index contributed by atoms with van der Waals surface area (Å²) in [5.41, 5.74) is 1.09. The lowest BCUT2D eigenvalue weighted by atomic mass is 9.95. The fourth-order valence-corrected chi connectivity index (χ4v) is 6.60. The predicted octanol–water partition coefficient (Wildman–Crippen LogP) is 5.18. The molecule has 2 aromatic carbocycles. The first-order valence-corrected chi connectivity index (χ1v) is 16.5. The standard InChI is InChI=1S/C29H37Cl2N3O6S/c1-20(29(36)32-23-7-4-3-5-8-23)33(19-21-10-11-22(30)17-25(21)31)28(35)9-6-14-34(41(2,37)38)24-12-13-26-27(18-24)40-16-15-39-26/h10-13,17-18,20,23H,3-9,14-16,19H2,1-2H3,(H,32,36)/t20-/m1/s1. The fraction of sp³-hybridized carbons (Fsp3) is 0.517. The second-order valence-corrected chi connectivity index (χ2v) is 13.3. The van der Waals surface area contributed by atoms with Crippen LogP contribution in [0.1, 0.15) is 57.4 Å². The molecule has 1 heterocycles. The van der Waals surface area contributed by atoms with Crippen molar-refractivity contribution in [3.8, 4) is 11.5 Å². The van der Waals surface area contributed by atoms with Crippen LogP contribution in [0.3, 0.4) is 0 Å². The van der Waals surface area contributed by atoms with Gasteiger partial charge in [0.1, 0.15) is 19.3 Å². The molecule has 1 aliphatic heterocycles. The average molecular weight is 627 g/mol.